The predicted molar refractivity (Wildman–Crippen MR) is 86.0 cm³/mol. The molecule has 0 radical (unpaired) electrons. The highest BCUT2D eigenvalue weighted by Gasteiger charge is 2.20. The Morgan fingerprint density at radius 3 is 2.83 bits per heavy atom. The Balaban J connectivity index is 1.92. The Bertz CT molecular complexity index is 777. The van der Waals surface area contributed by atoms with Crippen LogP contribution >= 0.6 is 11.3 Å². The maximum atomic E-state index is 12.4. The van der Waals surface area contributed by atoms with Crippen LogP contribution in [0.2, 0.25) is 0 Å². The molecule has 0 unspecified atom stereocenters. The van der Waals surface area contributed by atoms with Crippen LogP contribution in [0.4, 0.5) is 13.8 Å². The van der Waals surface area contributed by atoms with Gasteiger partial charge in [0.15, 0.2) is 0 Å². The minimum Gasteiger partial charge on any atom is -0.434 e. The van der Waals surface area contributed by atoms with Crippen molar-refractivity contribution in [1.82, 2.24) is 0 Å². The largest absolute Gasteiger partial charge is 0.434 e. The molecule has 23 heavy (non-hydrogen) atoms. The summed E-state index contributed by atoms with van der Waals surface area (Å²) in [7, 11) is 0. The zero-order chi connectivity index (χ0) is 16.2. The van der Waals surface area contributed by atoms with Crippen molar-refractivity contribution in [2.24, 2.45) is 4.99 Å². The van der Waals surface area contributed by atoms with Gasteiger partial charge in [0.25, 0.3) is 0 Å². The maximum absolute atomic E-state index is 12.4. The molecule has 0 amide bonds. The van der Waals surface area contributed by atoms with E-state index in [-0.39, 0.29) is 5.75 Å². The molecule has 0 N–H and O–H groups in total. The first-order valence-electron chi connectivity index (χ1n) is 7.31. The molecule has 1 heterocycles. The van der Waals surface area contributed by atoms with Crippen molar-refractivity contribution in [3.05, 3.63) is 45.8 Å². The molecular formula is C17H14F2N2OS. The molecule has 1 aromatic heterocycles. The highest BCUT2D eigenvalue weighted by Crippen LogP contribution is 2.39. The summed E-state index contributed by atoms with van der Waals surface area (Å²) in [5.41, 5.74) is 2.18. The molecule has 0 saturated carbocycles. The molecule has 1 aliphatic rings. The second kappa shape index (κ2) is 6.88. The van der Waals surface area contributed by atoms with Gasteiger partial charge in [-0.05, 0) is 43.4 Å². The molecule has 118 valence electrons. The van der Waals surface area contributed by atoms with Gasteiger partial charge in [0.05, 0.1) is 5.56 Å². The number of nitriles is 1. The topological polar surface area (TPSA) is 45.4 Å². The smallest absolute Gasteiger partial charge is 0.387 e. The number of halogens is 2. The van der Waals surface area contributed by atoms with E-state index >= 15 is 0 Å². The lowest BCUT2D eigenvalue weighted by Crippen LogP contribution is -2.03. The normalized spacial score (nSPS) is 14.0. The van der Waals surface area contributed by atoms with Crippen LogP contribution in [-0.2, 0) is 12.8 Å². The second-order valence-corrected chi connectivity index (χ2v) is 6.26. The van der Waals surface area contributed by atoms with Crippen molar-refractivity contribution < 1.29 is 13.5 Å². The van der Waals surface area contributed by atoms with Crippen LogP contribution in [0.25, 0.3) is 0 Å². The minimum absolute atomic E-state index is 0.0751. The number of ether oxygens (including phenoxy) is 1. The quantitative estimate of drug-likeness (QED) is 0.751. The summed E-state index contributed by atoms with van der Waals surface area (Å²) >= 11 is 1.52. The fraction of sp³-hybridized carbons (Fsp3) is 0.294. The lowest BCUT2D eigenvalue weighted by atomic mass is 9.96. The Morgan fingerprint density at radius 1 is 1.26 bits per heavy atom. The fourth-order valence-corrected chi connectivity index (χ4v) is 3.86. The summed E-state index contributed by atoms with van der Waals surface area (Å²) < 4.78 is 29.3. The van der Waals surface area contributed by atoms with Crippen LogP contribution in [0.3, 0.4) is 0 Å². The van der Waals surface area contributed by atoms with Gasteiger partial charge in [-0.2, -0.15) is 14.0 Å². The summed E-state index contributed by atoms with van der Waals surface area (Å²) in [6.45, 7) is -2.88. The molecule has 0 fully saturated rings. The van der Waals surface area contributed by atoms with Crippen molar-refractivity contribution in [2.75, 3.05) is 0 Å². The van der Waals surface area contributed by atoms with Crippen molar-refractivity contribution in [3.8, 4) is 11.8 Å². The molecule has 6 heteroatoms. The zero-order valence-electron chi connectivity index (χ0n) is 12.3. The lowest BCUT2D eigenvalue weighted by molar-refractivity contribution is -0.0499. The molecule has 0 atom stereocenters. The number of hydrogen-bond acceptors (Lipinski definition) is 4. The van der Waals surface area contributed by atoms with Crippen LogP contribution in [0, 0.1) is 11.3 Å². The third-order valence-electron chi connectivity index (χ3n) is 3.72. The van der Waals surface area contributed by atoms with E-state index in [9.17, 15) is 14.0 Å². The van der Waals surface area contributed by atoms with Crippen LogP contribution < -0.4 is 4.74 Å². The number of benzene rings is 1. The molecule has 0 spiro atoms. The van der Waals surface area contributed by atoms with Gasteiger partial charge in [0, 0.05) is 16.7 Å². The summed E-state index contributed by atoms with van der Waals surface area (Å²) in [6.07, 6.45) is 5.60. The second-order valence-electron chi connectivity index (χ2n) is 5.18. The van der Waals surface area contributed by atoms with Crippen molar-refractivity contribution >= 4 is 22.6 Å². The monoisotopic (exact) mass is 332 g/mol. The van der Waals surface area contributed by atoms with Gasteiger partial charge in [-0.1, -0.05) is 12.1 Å². The van der Waals surface area contributed by atoms with E-state index in [4.69, 9.17) is 0 Å². The standard InChI is InChI=1S/C17H14F2N2OS/c18-17(19)22-14-7-3-1-5-11(14)10-21-16-13(9-20)12-6-2-4-8-15(12)23-16/h1,3,5,7,10,17H,2,4,6,8H2. The average molecular weight is 332 g/mol. The SMILES string of the molecule is N#Cc1c(N=Cc2ccccc2OC(F)F)sc2c1CCCC2. The molecule has 0 bridgehead atoms. The molecule has 3 rings (SSSR count). The summed E-state index contributed by atoms with van der Waals surface area (Å²) in [5.74, 6) is 0.0751. The maximum Gasteiger partial charge on any atom is 0.387 e. The number of alkyl halides is 2. The zero-order valence-corrected chi connectivity index (χ0v) is 13.1. The van der Waals surface area contributed by atoms with Gasteiger partial charge < -0.3 is 4.74 Å². The molecule has 0 aliphatic heterocycles. The Morgan fingerprint density at radius 2 is 2.04 bits per heavy atom. The molecule has 2 aromatic rings. The fourth-order valence-electron chi connectivity index (χ4n) is 2.68. The number of rotatable bonds is 4. The molecule has 0 saturated heterocycles. The first-order valence-corrected chi connectivity index (χ1v) is 8.13. The van der Waals surface area contributed by atoms with E-state index in [0.29, 0.717) is 16.1 Å². The predicted octanol–water partition coefficient (Wildman–Crippen LogP) is 4.85. The third-order valence-corrected chi connectivity index (χ3v) is 4.92. The van der Waals surface area contributed by atoms with Gasteiger partial charge in [0.2, 0.25) is 0 Å². The van der Waals surface area contributed by atoms with Gasteiger partial charge in [-0.15, -0.1) is 11.3 Å². The first-order chi connectivity index (χ1) is 11.2. The number of fused-ring (bicyclic) bond motifs is 1. The Labute approximate surface area is 136 Å². The number of thiophene rings is 1. The summed E-state index contributed by atoms with van der Waals surface area (Å²) in [5, 5.41) is 10.0. The Kier molecular flexibility index (Phi) is 4.68. The van der Waals surface area contributed by atoms with Crippen LogP contribution in [0.5, 0.6) is 5.75 Å². The summed E-state index contributed by atoms with van der Waals surface area (Å²) in [6, 6.07) is 8.71. The average Bonchev–Trinajstić information content (AvgIpc) is 2.91. The molecular weight excluding hydrogens is 318 g/mol. The van der Waals surface area contributed by atoms with Gasteiger partial charge in [0.1, 0.15) is 16.8 Å². The highest BCUT2D eigenvalue weighted by molar-refractivity contribution is 7.16. The van der Waals surface area contributed by atoms with Crippen molar-refractivity contribution in [1.29, 1.82) is 5.26 Å². The molecule has 1 aliphatic carbocycles. The van der Waals surface area contributed by atoms with E-state index in [0.717, 1.165) is 31.2 Å². The van der Waals surface area contributed by atoms with Crippen molar-refractivity contribution in [2.45, 2.75) is 32.3 Å². The lowest BCUT2D eigenvalue weighted by Gasteiger charge is -2.09. The molecule has 3 nitrogen and oxygen atoms in total. The van der Waals surface area contributed by atoms with Crippen LogP contribution in [0.1, 0.15) is 34.4 Å². The number of aliphatic imine (C=N–C) groups is 1. The van der Waals surface area contributed by atoms with E-state index in [1.54, 1.807) is 18.2 Å². The van der Waals surface area contributed by atoms with E-state index in [1.165, 1.54) is 28.5 Å². The van der Waals surface area contributed by atoms with E-state index < -0.39 is 6.61 Å². The minimum atomic E-state index is -2.88. The van der Waals surface area contributed by atoms with E-state index in [2.05, 4.69) is 15.8 Å². The third kappa shape index (κ3) is 3.40. The molecule has 1 aromatic carbocycles. The highest BCUT2D eigenvalue weighted by atomic mass is 32.1. The number of nitrogens with zero attached hydrogens (tertiary/aromatic N) is 2. The Hall–Kier alpha value is -2.26. The summed E-state index contributed by atoms with van der Waals surface area (Å²) in [4.78, 5) is 5.59. The number of hydrogen-bond donors (Lipinski definition) is 0. The first kappa shape index (κ1) is 15.6. The number of para-hydroxylation sites is 1. The number of aryl methyl sites for hydroxylation is 1. The van der Waals surface area contributed by atoms with Gasteiger partial charge in [-0.25, -0.2) is 4.99 Å². The van der Waals surface area contributed by atoms with Gasteiger partial charge >= 0.3 is 6.61 Å². The van der Waals surface area contributed by atoms with Crippen LogP contribution in [-0.4, -0.2) is 12.8 Å². The van der Waals surface area contributed by atoms with Crippen LogP contribution in [0.15, 0.2) is 29.3 Å². The van der Waals surface area contributed by atoms with E-state index in [1.807, 2.05) is 0 Å². The van der Waals surface area contributed by atoms with Crippen molar-refractivity contribution in [3.63, 3.8) is 0 Å². The van der Waals surface area contributed by atoms with Gasteiger partial charge in [-0.3, -0.25) is 0 Å².